The second kappa shape index (κ2) is 6.78. The van der Waals surface area contributed by atoms with Crippen molar-refractivity contribution < 1.29 is 13.9 Å². The number of benzene rings is 1. The number of nitrogens with zero attached hydrogens (tertiary/aromatic N) is 1. The van der Waals surface area contributed by atoms with Gasteiger partial charge in [-0.3, -0.25) is 0 Å². The van der Waals surface area contributed by atoms with Gasteiger partial charge in [0.25, 0.3) is 0 Å². The first-order valence-electron chi connectivity index (χ1n) is 7.61. The molecule has 4 nitrogen and oxygen atoms in total. The van der Waals surface area contributed by atoms with E-state index in [1.165, 1.54) is 25.0 Å². The Labute approximate surface area is 125 Å². The van der Waals surface area contributed by atoms with E-state index in [1.54, 1.807) is 6.92 Å². The molecular formula is C16H23FN2O2. The summed E-state index contributed by atoms with van der Waals surface area (Å²) in [5.41, 5.74) is 6.57. The molecule has 21 heavy (non-hydrogen) atoms. The minimum Gasteiger partial charge on any atom is -0.462 e. The fraction of sp³-hybridized carbons (Fsp3) is 0.562. The van der Waals surface area contributed by atoms with Gasteiger partial charge in [-0.05, 0) is 38.8 Å². The van der Waals surface area contributed by atoms with Crippen LogP contribution in [0.3, 0.4) is 0 Å². The standard InChI is InChI=1S/C16H23FN2O2/c1-3-19(11-7-5-6-8-11)15-9-12(16(20)21-4-2)14(18)10-13(15)17/h9-11H,3-8,18H2,1-2H3. The molecule has 0 bridgehead atoms. The van der Waals surface area contributed by atoms with Gasteiger partial charge in [0, 0.05) is 18.3 Å². The number of esters is 1. The van der Waals surface area contributed by atoms with Crippen molar-refractivity contribution in [1.29, 1.82) is 0 Å². The van der Waals surface area contributed by atoms with E-state index in [4.69, 9.17) is 10.5 Å². The van der Waals surface area contributed by atoms with E-state index < -0.39 is 5.97 Å². The third kappa shape index (κ3) is 3.28. The molecule has 0 aromatic heterocycles. The third-order valence-corrected chi connectivity index (χ3v) is 4.03. The van der Waals surface area contributed by atoms with E-state index in [-0.39, 0.29) is 23.7 Å². The van der Waals surface area contributed by atoms with Gasteiger partial charge in [0.05, 0.1) is 17.9 Å². The Hall–Kier alpha value is -1.78. The number of nitrogens with two attached hydrogens (primary N) is 1. The Morgan fingerprint density at radius 3 is 2.62 bits per heavy atom. The quantitative estimate of drug-likeness (QED) is 0.668. The summed E-state index contributed by atoms with van der Waals surface area (Å²) in [6.07, 6.45) is 4.46. The Morgan fingerprint density at radius 1 is 1.38 bits per heavy atom. The minimum atomic E-state index is -0.501. The fourth-order valence-electron chi connectivity index (χ4n) is 3.02. The second-order valence-corrected chi connectivity index (χ2v) is 5.34. The zero-order chi connectivity index (χ0) is 15.4. The molecule has 0 spiro atoms. The number of rotatable bonds is 5. The van der Waals surface area contributed by atoms with Gasteiger partial charge in [0.2, 0.25) is 0 Å². The highest BCUT2D eigenvalue weighted by Gasteiger charge is 2.25. The molecule has 2 rings (SSSR count). The number of anilines is 2. The molecule has 1 fully saturated rings. The summed E-state index contributed by atoms with van der Waals surface area (Å²) in [5, 5.41) is 0. The molecule has 1 aliphatic rings. The lowest BCUT2D eigenvalue weighted by atomic mass is 10.1. The zero-order valence-corrected chi connectivity index (χ0v) is 12.7. The normalized spacial score (nSPS) is 15.2. The third-order valence-electron chi connectivity index (χ3n) is 4.03. The van der Waals surface area contributed by atoms with Gasteiger partial charge in [-0.15, -0.1) is 0 Å². The van der Waals surface area contributed by atoms with Crippen molar-refractivity contribution in [2.75, 3.05) is 23.8 Å². The zero-order valence-electron chi connectivity index (χ0n) is 12.7. The molecule has 116 valence electrons. The SMILES string of the molecule is CCOC(=O)c1cc(N(CC)C2CCCC2)c(F)cc1N. The average Bonchev–Trinajstić information content (AvgIpc) is 2.96. The van der Waals surface area contributed by atoms with Gasteiger partial charge < -0.3 is 15.4 Å². The maximum atomic E-state index is 14.3. The fourth-order valence-corrected chi connectivity index (χ4v) is 3.02. The molecule has 1 aromatic rings. The number of hydrogen-bond acceptors (Lipinski definition) is 4. The maximum Gasteiger partial charge on any atom is 0.340 e. The minimum absolute atomic E-state index is 0.122. The van der Waals surface area contributed by atoms with Crippen LogP contribution in [0.25, 0.3) is 0 Å². The summed E-state index contributed by atoms with van der Waals surface area (Å²) in [5.74, 6) is -0.881. The van der Waals surface area contributed by atoms with E-state index in [0.717, 1.165) is 12.8 Å². The first kappa shape index (κ1) is 15.6. The van der Waals surface area contributed by atoms with Gasteiger partial charge in [-0.2, -0.15) is 0 Å². The predicted molar refractivity (Wildman–Crippen MR) is 82.0 cm³/mol. The van der Waals surface area contributed by atoms with Crippen LogP contribution >= 0.6 is 0 Å². The van der Waals surface area contributed by atoms with Crippen LogP contribution in [-0.2, 0) is 4.74 Å². The first-order chi connectivity index (χ1) is 10.1. The smallest absolute Gasteiger partial charge is 0.340 e. The van der Waals surface area contributed by atoms with Gasteiger partial charge >= 0.3 is 5.97 Å². The molecule has 1 aromatic carbocycles. The molecule has 0 atom stereocenters. The van der Waals surface area contributed by atoms with E-state index in [0.29, 0.717) is 18.3 Å². The molecule has 0 aliphatic heterocycles. The molecule has 5 heteroatoms. The van der Waals surface area contributed by atoms with Crippen molar-refractivity contribution in [2.24, 2.45) is 0 Å². The topological polar surface area (TPSA) is 55.6 Å². The molecule has 1 aliphatic carbocycles. The van der Waals surface area contributed by atoms with Crippen LogP contribution in [0.15, 0.2) is 12.1 Å². The average molecular weight is 294 g/mol. The Balaban J connectivity index is 2.37. The van der Waals surface area contributed by atoms with Crippen LogP contribution < -0.4 is 10.6 Å². The maximum absolute atomic E-state index is 14.3. The van der Waals surface area contributed by atoms with Gasteiger partial charge in [0.15, 0.2) is 0 Å². The summed E-state index contributed by atoms with van der Waals surface area (Å²) < 4.78 is 19.3. The summed E-state index contributed by atoms with van der Waals surface area (Å²) in [6.45, 7) is 4.70. The second-order valence-electron chi connectivity index (χ2n) is 5.34. The Bertz CT molecular complexity index is 513. The van der Waals surface area contributed by atoms with Crippen LogP contribution in [0.4, 0.5) is 15.8 Å². The number of carbonyl (C=O) groups is 1. The van der Waals surface area contributed by atoms with Crippen LogP contribution in [0.1, 0.15) is 49.9 Å². The van der Waals surface area contributed by atoms with E-state index in [1.807, 2.05) is 11.8 Å². The molecule has 0 amide bonds. The van der Waals surface area contributed by atoms with E-state index in [9.17, 15) is 9.18 Å². The van der Waals surface area contributed by atoms with Gasteiger partial charge in [0.1, 0.15) is 5.82 Å². The highest BCUT2D eigenvalue weighted by molar-refractivity contribution is 5.96. The number of ether oxygens (including phenoxy) is 1. The summed E-state index contributed by atoms with van der Waals surface area (Å²) >= 11 is 0. The molecule has 0 saturated heterocycles. The molecular weight excluding hydrogens is 271 g/mol. The summed E-state index contributed by atoms with van der Waals surface area (Å²) in [7, 11) is 0. The number of halogens is 1. The van der Waals surface area contributed by atoms with Crippen LogP contribution in [0.2, 0.25) is 0 Å². The highest BCUT2D eigenvalue weighted by Crippen LogP contribution is 2.32. The van der Waals surface area contributed by atoms with Crippen molar-refractivity contribution in [3.8, 4) is 0 Å². The Morgan fingerprint density at radius 2 is 2.05 bits per heavy atom. The monoisotopic (exact) mass is 294 g/mol. The lowest BCUT2D eigenvalue weighted by molar-refractivity contribution is 0.0527. The van der Waals surface area contributed by atoms with Gasteiger partial charge in [-0.1, -0.05) is 12.8 Å². The number of nitrogen functional groups attached to an aromatic ring is 1. The van der Waals surface area contributed by atoms with Crippen molar-refractivity contribution in [2.45, 2.75) is 45.6 Å². The first-order valence-corrected chi connectivity index (χ1v) is 7.61. The Kier molecular flexibility index (Phi) is 5.04. The number of carbonyl (C=O) groups excluding carboxylic acids is 1. The van der Waals surface area contributed by atoms with E-state index in [2.05, 4.69) is 0 Å². The molecule has 1 saturated carbocycles. The molecule has 2 N–H and O–H groups in total. The summed E-state index contributed by atoms with van der Waals surface area (Å²) in [6, 6.07) is 3.09. The largest absolute Gasteiger partial charge is 0.462 e. The molecule has 0 radical (unpaired) electrons. The lowest BCUT2D eigenvalue weighted by Crippen LogP contribution is -2.34. The van der Waals surface area contributed by atoms with Crippen molar-refractivity contribution in [3.05, 3.63) is 23.5 Å². The van der Waals surface area contributed by atoms with Crippen molar-refractivity contribution in [1.82, 2.24) is 0 Å². The lowest BCUT2D eigenvalue weighted by Gasteiger charge is -2.30. The van der Waals surface area contributed by atoms with Crippen LogP contribution in [0, 0.1) is 5.82 Å². The summed E-state index contributed by atoms with van der Waals surface area (Å²) in [4.78, 5) is 14.0. The van der Waals surface area contributed by atoms with Crippen LogP contribution in [-0.4, -0.2) is 25.2 Å². The van der Waals surface area contributed by atoms with Gasteiger partial charge in [-0.25, -0.2) is 9.18 Å². The number of hydrogen-bond donors (Lipinski definition) is 1. The molecule has 0 heterocycles. The predicted octanol–water partition coefficient (Wildman–Crippen LogP) is 3.35. The van der Waals surface area contributed by atoms with E-state index >= 15 is 0 Å². The molecule has 0 unspecified atom stereocenters. The highest BCUT2D eigenvalue weighted by atomic mass is 19.1. The van der Waals surface area contributed by atoms with Crippen molar-refractivity contribution in [3.63, 3.8) is 0 Å². The van der Waals surface area contributed by atoms with Crippen LogP contribution in [0.5, 0.6) is 0 Å². The van der Waals surface area contributed by atoms with Crippen molar-refractivity contribution >= 4 is 17.3 Å².